The molecule has 1 saturated carbocycles. The van der Waals surface area contributed by atoms with Crippen molar-refractivity contribution in [3.05, 3.63) is 47.4 Å². The molecule has 28 heavy (non-hydrogen) atoms. The van der Waals surface area contributed by atoms with Gasteiger partial charge in [-0.05, 0) is 50.4 Å². The van der Waals surface area contributed by atoms with Crippen molar-refractivity contribution in [1.82, 2.24) is 34.1 Å². The third kappa shape index (κ3) is 2.24. The summed E-state index contributed by atoms with van der Waals surface area (Å²) in [7, 11) is 2.14. The summed E-state index contributed by atoms with van der Waals surface area (Å²) in [5.41, 5.74) is 4.35. The standard InChI is InChI=1S/C20H20FN7/c1-10-4-16(24-27-6-11(2)22-19(10)27)12-5-15(21)20-23-18(25-28(20)7-12)17-13-8-26(3)9-14(13)17/h4-7,13-14,17H,8-9H2,1-3H3/t13-,14+,17?. The molecule has 0 N–H and O–H groups in total. The zero-order valence-electron chi connectivity index (χ0n) is 16.0. The van der Waals surface area contributed by atoms with Crippen LogP contribution in [-0.4, -0.2) is 54.2 Å². The minimum absolute atomic E-state index is 0.286. The Hall–Kier alpha value is -2.87. The lowest BCUT2D eigenvalue weighted by atomic mass is 10.1. The summed E-state index contributed by atoms with van der Waals surface area (Å²) in [4.78, 5) is 11.3. The average Bonchev–Trinajstić information content (AvgIpc) is 3.02. The van der Waals surface area contributed by atoms with E-state index in [4.69, 9.17) is 0 Å². The summed E-state index contributed by atoms with van der Waals surface area (Å²) >= 11 is 0. The number of hydrogen-bond donors (Lipinski definition) is 0. The van der Waals surface area contributed by atoms with Crippen LogP contribution in [0.5, 0.6) is 0 Å². The number of hydrogen-bond acceptors (Lipinski definition) is 5. The Balaban J connectivity index is 1.43. The van der Waals surface area contributed by atoms with Gasteiger partial charge in [0.1, 0.15) is 0 Å². The summed E-state index contributed by atoms with van der Waals surface area (Å²) in [6.07, 6.45) is 3.69. The highest BCUT2D eigenvalue weighted by Crippen LogP contribution is 2.56. The van der Waals surface area contributed by atoms with E-state index in [-0.39, 0.29) is 11.5 Å². The highest BCUT2D eigenvalue weighted by molar-refractivity contribution is 5.64. The van der Waals surface area contributed by atoms with Crippen LogP contribution in [0.1, 0.15) is 23.0 Å². The molecule has 3 atom stereocenters. The van der Waals surface area contributed by atoms with Crippen molar-refractivity contribution >= 4 is 11.3 Å². The molecule has 1 aliphatic carbocycles. The fourth-order valence-electron chi connectivity index (χ4n) is 4.75. The summed E-state index contributed by atoms with van der Waals surface area (Å²) < 4.78 is 18.1. The molecule has 8 heteroatoms. The molecule has 5 heterocycles. The van der Waals surface area contributed by atoms with Gasteiger partial charge in [-0.1, -0.05) is 0 Å². The maximum atomic E-state index is 14.8. The lowest BCUT2D eigenvalue weighted by Gasteiger charge is -2.10. The molecule has 6 rings (SSSR count). The van der Waals surface area contributed by atoms with Crippen LogP contribution in [0.2, 0.25) is 0 Å². The Kier molecular flexibility index (Phi) is 3.08. The second-order valence-corrected chi connectivity index (χ2v) is 8.25. The van der Waals surface area contributed by atoms with Gasteiger partial charge in [0.25, 0.3) is 0 Å². The smallest absolute Gasteiger partial charge is 0.191 e. The van der Waals surface area contributed by atoms with Crippen LogP contribution in [0.3, 0.4) is 0 Å². The van der Waals surface area contributed by atoms with Gasteiger partial charge < -0.3 is 4.90 Å². The Morgan fingerprint density at radius 1 is 0.964 bits per heavy atom. The molecular formula is C20H20FN7. The Morgan fingerprint density at radius 2 is 1.71 bits per heavy atom. The van der Waals surface area contributed by atoms with Gasteiger partial charge in [0.05, 0.1) is 17.6 Å². The maximum absolute atomic E-state index is 14.8. The molecule has 142 valence electrons. The molecule has 0 bridgehead atoms. The number of nitrogens with zero attached hydrogens (tertiary/aromatic N) is 7. The molecule has 4 aromatic rings. The molecule has 0 spiro atoms. The predicted octanol–water partition coefficient (Wildman–Crippen LogP) is 2.47. The molecule has 0 aromatic carbocycles. The van der Waals surface area contributed by atoms with E-state index in [1.54, 1.807) is 9.03 Å². The van der Waals surface area contributed by atoms with Crippen LogP contribution < -0.4 is 0 Å². The Morgan fingerprint density at radius 3 is 2.50 bits per heavy atom. The van der Waals surface area contributed by atoms with Crippen molar-refractivity contribution in [3.8, 4) is 11.3 Å². The number of fused-ring (bicyclic) bond motifs is 3. The zero-order chi connectivity index (χ0) is 19.2. The van der Waals surface area contributed by atoms with Crippen LogP contribution in [-0.2, 0) is 0 Å². The number of pyridine rings is 1. The van der Waals surface area contributed by atoms with Crippen LogP contribution in [0.4, 0.5) is 4.39 Å². The van der Waals surface area contributed by atoms with Crippen molar-refractivity contribution in [2.45, 2.75) is 19.8 Å². The first kappa shape index (κ1) is 16.1. The number of halogens is 1. The lowest BCUT2D eigenvalue weighted by molar-refractivity contribution is 0.360. The van der Waals surface area contributed by atoms with Gasteiger partial charge in [-0.3, -0.25) is 0 Å². The van der Waals surface area contributed by atoms with Crippen molar-refractivity contribution in [1.29, 1.82) is 0 Å². The van der Waals surface area contributed by atoms with Gasteiger partial charge in [-0.25, -0.2) is 23.4 Å². The second-order valence-electron chi connectivity index (χ2n) is 8.25. The number of aromatic nitrogens is 6. The summed E-state index contributed by atoms with van der Waals surface area (Å²) in [5, 5.41) is 9.22. The van der Waals surface area contributed by atoms with Gasteiger partial charge >= 0.3 is 0 Å². The number of piperidine rings is 1. The SMILES string of the molecule is Cc1cn2nc(-c3cc(F)c4nc(C5[C@H]6CN(C)C[C@@H]56)nn4c3)cc(C)c2n1. The zero-order valence-corrected chi connectivity index (χ0v) is 16.0. The molecule has 2 aliphatic rings. The van der Waals surface area contributed by atoms with E-state index in [0.29, 0.717) is 29.0 Å². The first-order chi connectivity index (χ1) is 13.5. The van der Waals surface area contributed by atoms with E-state index in [9.17, 15) is 4.39 Å². The monoisotopic (exact) mass is 377 g/mol. The van der Waals surface area contributed by atoms with Gasteiger partial charge in [-0.15, -0.1) is 0 Å². The van der Waals surface area contributed by atoms with Crippen molar-refractivity contribution in [2.75, 3.05) is 20.1 Å². The largest absolute Gasteiger partial charge is 0.306 e. The predicted molar refractivity (Wildman–Crippen MR) is 102 cm³/mol. The molecule has 1 aliphatic heterocycles. The average molecular weight is 377 g/mol. The molecule has 4 aromatic heterocycles. The highest BCUT2D eigenvalue weighted by Gasteiger charge is 2.57. The first-order valence-corrected chi connectivity index (χ1v) is 9.56. The van der Waals surface area contributed by atoms with Gasteiger partial charge in [0.2, 0.25) is 0 Å². The molecule has 1 unspecified atom stereocenters. The van der Waals surface area contributed by atoms with E-state index < -0.39 is 0 Å². The number of aryl methyl sites for hydroxylation is 2. The molecule has 0 amide bonds. The number of likely N-dealkylation sites (tertiary alicyclic amines) is 1. The van der Waals surface area contributed by atoms with E-state index in [1.165, 1.54) is 6.07 Å². The fourth-order valence-corrected chi connectivity index (χ4v) is 4.75. The van der Waals surface area contributed by atoms with E-state index >= 15 is 0 Å². The summed E-state index contributed by atoms with van der Waals surface area (Å²) in [5.74, 6) is 1.98. The van der Waals surface area contributed by atoms with E-state index in [1.807, 2.05) is 32.3 Å². The molecule has 7 nitrogen and oxygen atoms in total. The van der Waals surface area contributed by atoms with Crippen LogP contribution in [0.15, 0.2) is 24.5 Å². The van der Waals surface area contributed by atoms with Crippen molar-refractivity contribution in [3.63, 3.8) is 0 Å². The van der Waals surface area contributed by atoms with Crippen LogP contribution in [0.25, 0.3) is 22.6 Å². The number of rotatable bonds is 2. The molecule has 2 fully saturated rings. The summed E-state index contributed by atoms with van der Waals surface area (Å²) in [6, 6.07) is 3.42. The molecule has 1 saturated heterocycles. The van der Waals surface area contributed by atoms with Crippen LogP contribution in [0, 0.1) is 31.5 Å². The van der Waals surface area contributed by atoms with Gasteiger partial charge in [-0.2, -0.15) is 10.2 Å². The third-order valence-electron chi connectivity index (χ3n) is 6.11. The number of imidazole rings is 1. The minimum Gasteiger partial charge on any atom is -0.306 e. The Labute approximate surface area is 160 Å². The normalized spacial score (nSPS) is 24.4. The highest BCUT2D eigenvalue weighted by atomic mass is 19.1. The molecule has 0 radical (unpaired) electrons. The third-order valence-corrected chi connectivity index (χ3v) is 6.11. The second kappa shape index (κ2) is 5.35. The lowest BCUT2D eigenvalue weighted by Crippen LogP contribution is -2.18. The van der Waals surface area contributed by atoms with E-state index in [0.717, 1.165) is 35.8 Å². The van der Waals surface area contributed by atoms with E-state index in [2.05, 4.69) is 32.1 Å². The quantitative estimate of drug-likeness (QED) is 0.537. The fraction of sp³-hybridized carbons (Fsp3) is 0.400. The van der Waals surface area contributed by atoms with Crippen LogP contribution >= 0.6 is 0 Å². The Bertz CT molecular complexity index is 1240. The maximum Gasteiger partial charge on any atom is 0.191 e. The van der Waals surface area contributed by atoms with Gasteiger partial charge in [0, 0.05) is 30.8 Å². The van der Waals surface area contributed by atoms with Crippen molar-refractivity contribution in [2.24, 2.45) is 11.8 Å². The summed E-state index contributed by atoms with van der Waals surface area (Å²) in [6.45, 7) is 6.07. The van der Waals surface area contributed by atoms with Gasteiger partial charge in [0.15, 0.2) is 22.9 Å². The topological polar surface area (TPSA) is 63.6 Å². The first-order valence-electron chi connectivity index (χ1n) is 9.56. The minimum atomic E-state index is -0.375. The molecular weight excluding hydrogens is 357 g/mol. The van der Waals surface area contributed by atoms with Crippen molar-refractivity contribution < 1.29 is 4.39 Å².